The molecular formula is C18H19N3O3S. The third-order valence-electron chi connectivity index (χ3n) is 5.20. The van der Waals surface area contributed by atoms with Crippen LogP contribution in [0.3, 0.4) is 0 Å². The Bertz CT molecular complexity index is 938. The molecule has 0 amide bonds. The number of aromatic nitrogens is 2. The van der Waals surface area contributed by atoms with Gasteiger partial charge in [-0.3, -0.25) is 5.10 Å². The van der Waals surface area contributed by atoms with Gasteiger partial charge < -0.3 is 4.74 Å². The van der Waals surface area contributed by atoms with Gasteiger partial charge in [-0.1, -0.05) is 12.1 Å². The third-order valence-corrected chi connectivity index (χ3v) is 7.30. The molecular weight excluding hydrogens is 338 g/mol. The van der Waals surface area contributed by atoms with E-state index >= 15 is 0 Å². The van der Waals surface area contributed by atoms with E-state index in [0.29, 0.717) is 22.8 Å². The number of hydrogen-bond acceptors (Lipinski definition) is 5. The predicted octanol–water partition coefficient (Wildman–Crippen LogP) is 3.13. The van der Waals surface area contributed by atoms with Gasteiger partial charge in [0.2, 0.25) is 0 Å². The second-order valence-electron chi connectivity index (χ2n) is 6.93. The van der Waals surface area contributed by atoms with E-state index in [1.165, 1.54) is 12.5 Å². The van der Waals surface area contributed by atoms with Crippen molar-refractivity contribution in [2.24, 2.45) is 11.8 Å². The number of ether oxygens (including phenoxy) is 1. The molecule has 2 aliphatic carbocycles. The van der Waals surface area contributed by atoms with Crippen LogP contribution in [0.15, 0.2) is 30.5 Å². The minimum absolute atomic E-state index is 0.101. The van der Waals surface area contributed by atoms with Crippen LogP contribution >= 0.6 is 0 Å². The SMILES string of the molecule is CS(=O)(=O)C(c1[nH]ncc1Oc1ccccc1C#N)(C1CC1)C1CC1. The van der Waals surface area contributed by atoms with Crippen LogP contribution in [0.2, 0.25) is 0 Å². The number of sulfone groups is 1. The molecule has 0 atom stereocenters. The van der Waals surface area contributed by atoms with E-state index in [0.717, 1.165) is 25.7 Å². The number of aromatic amines is 1. The van der Waals surface area contributed by atoms with Crippen molar-refractivity contribution in [1.29, 1.82) is 5.26 Å². The number of nitrogens with zero attached hydrogens (tertiary/aromatic N) is 2. The fourth-order valence-electron chi connectivity index (χ4n) is 3.96. The number of hydrogen-bond donors (Lipinski definition) is 1. The molecule has 0 spiro atoms. The molecule has 0 aliphatic heterocycles. The topological polar surface area (TPSA) is 95.8 Å². The minimum atomic E-state index is -3.37. The second-order valence-corrected chi connectivity index (χ2v) is 9.15. The van der Waals surface area contributed by atoms with Gasteiger partial charge in [0.15, 0.2) is 15.6 Å². The van der Waals surface area contributed by atoms with Crippen molar-refractivity contribution in [3.63, 3.8) is 0 Å². The predicted molar refractivity (Wildman–Crippen MR) is 91.8 cm³/mol. The molecule has 25 heavy (non-hydrogen) atoms. The molecule has 2 aromatic rings. The van der Waals surface area contributed by atoms with Crippen molar-refractivity contribution in [2.75, 3.05) is 6.26 Å². The van der Waals surface area contributed by atoms with Crippen molar-refractivity contribution < 1.29 is 13.2 Å². The molecule has 130 valence electrons. The van der Waals surface area contributed by atoms with Gasteiger partial charge in [0.25, 0.3) is 0 Å². The highest BCUT2D eigenvalue weighted by molar-refractivity contribution is 7.91. The van der Waals surface area contributed by atoms with Crippen LogP contribution in [0.4, 0.5) is 0 Å². The van der Waals surface area contributed by atoms with E-state index in [1.807, 2.05) is 0 Å². The quantitative estimate of drug-likeness (QED) is 0.857. The lowest BCUT2D eigenvalue weighted by molar-refractivity contribution is 0.397. The average Bonchev–Trinajstić information content (AvgIpc) is 3.48. The molecule has 0 saturated heterocycles. The first-order valence-electron chi connectivity index (χ1n) is 8.39. The molecule has 4 rings (SSSR count). The number of para-hydroxylation sites is 1. The fourth-order valence-corrected chi connectivity index (χ4v) is 6.16. The van der Waals surface area contributed by atoms with Gasteiger partial charge in [0.1, 0.15) is 16.6 Å². The number of rotatable bonds is 6. The summed E-state index contributed by atoms with van der Waals surface area (Å²) >= 11 is 0. The van der Waals surface area contributed by atoms with Gasteiger partial charge in [-0.05, 0) is 49.7 Å². The summed E-state index contributed by atoms with van der Waals surface area (Å²) in [6, 6.07) is 9.00. The van der Waals surface area contributed by atoms with Crippen molar-refractivity contribution >= 4 is 9.84 Å². The van der Waals surface area contributed by atoms with Gasteiger partial charge in [0.05, 0.1) is 17.5 Å². The van der Waals surface area contributed by atoms with E-state index in [4.69, 9.17) is 4.74 Å². The molecule has 1 N–H and O–H groups in total. The molecule has 0 bridgehead atoms. The lowest BCUT2D eigenvalue weighted by atomic mass is 9.92. The summed E-state index contributed by atoms with van der Waals surface area (Å²) in [4.78, 5) is 0. The monoisotopic (exact) mass is 357 g/mol. The maximum absolute atomic E-state index is 12.9. The molecule has 0 unspecified atom stereocenters. The highest BCUT2D eigenvalue weighted by atomic mass is 32.2. The first kappa shape index (κ1) is 16.2. The normalized spacial score (nSPS) is 17.9. The van der Waals surface area contributed by atoms with E-state index in [2.05, 4.69) is 16.3 Å². The lowest BCUT2D eigenvalue weighted by Gasteiger charge is -2.32. The Labute approximate surface area is 146 Å². The molecule has 7 heteroatoms. The summed E-state index contributed by atoms with van der Waals surface area (Å²) in [5.41, 5.74) is 0.935. The average molecular weight is 357 g/mol. The summed E-state index contributed by atoms with van der Waals surface area (Å²) in [6.45, 7) is 0. The molecule has 1 aromatic carbocycles. The standard InChI is InChI=1S/C18H19N3O3S/c1-25(22,23)18(13-6-7-13,14-8-9-14)17-16(11-20-21-17)24-15-5-3-2-4-12(15)10-19/h2-5,11,13-14H,6-9H2,1H3,(H,20,21). The van der Waals surface area contributed by atoms with E-state index in [-0.39, 0.29) is 11.8 Å². The minimum Gasteiger partial charge on any atom is -0.452 e. The van der Waals surface area contributed by atoms with Crippen molar-refractivity contribution in [3.8, 4) is 17.6 Å². The van der Waals surface area contributed by atoms with Gasteiger partial charge in [-0.25, -0.2) is 8.42 Å². The molecule has 1 heterocycles. The smallest absolute Gasteiger partial charge is 0.169 e. The fraction of sp³-hybridized carbons (Fsp3) is 0.444. The summed E-state index contributed by atoms with van der Waals surface area (Å²) in [6.07, 6.45) is 6.42. The molecule has 2 saturated carbocycles. The number of benzene rings is 1. The Morgan fingerprint density at radius 3 is 2.40 bits per heavy atom. The molecule has 0 radical (unpaired) electrons. The molecule has 2 fully saturated rings. The van der Waals surface area contributed by atoms with Crippen LogP contribution in [0.1, 0.15) is 36.9 Å². The van der Waals surface area contributed by atoms with E-state index in [9.17, 15) is 13.7 Å². The van der Waals surface area contributed by atoms with Crippen molar-refractivity contribution in [2.45, 2.75) is 30.4 Å². The summed E-state index contributed by atoms with van der Waals surface area (Å²) in [5, 5.41) is 16.2. The van der Waals surface area contributed by atoms with Gasteiger partial charge in [0, 0.05) is 6.26 Å². The van der Waals surface area contributed by atoms with Gasteiger partial charge >= 0.3 is 0 Å². The Kier molecular flexibility index (Phi) is 3.62. The summed E-state index contributed by atoms with van der Waals surface area (Å²) < 4.78 is 30.8. The molecule has 2 aliphatic rings. The van der Waals surface area contributed by atoms with Crippen LogP contribution in [0, 0.1) is 23.2 Å². The Morgan fingerprint density at radius 1 is 1.20 bits per heavy atom. The molecule has 6 nitrogen and oxygen atoms in total. The lowest BCUT2D eigenvalue weighted by Crippen LogP contribution is -2.40. The zero-order valence-corrected chi connectivity index (χ0v) is 14.7. The van der Waals surface area contributed by atoms with Crippen LogP contribution in [-0.4, -0.2) is 24.9 Å². The largest absolute Gasteiger partial charge is 0.452 e. The summed E-state index contributed by atoms with van der Waals surface area (Å²) in [5.74, 6) is 1.00. The van der Waals surface area contributed by atoms with Gasteiger partial charge in [-0.15, -0.1) is 0 Å². The molecule has 1 aromatic heterocycles. The number of nitrogens with one attached hydrogen (secondary N) is 1. The van der Waals surface area contributed by atoms with Crippen LogP contribution in [0.5, 0.6) is 11.5 Å². The number of nitriles is 1. The Balaban J connectivity index is 1.82. The Morgan fingerprint density at radius 2 is 1.84 bits per heavy atom. The van der Waals surface area contributed by atoms with Crippen LogP contribution in [-0.2, 0) is 14.6 Å². The van der Waals surface area contributed by atoms with Crippen LogP contribution in [0.25, 0.3) is 0 Å². The van der Waals surface area contributed by atoms with Crippen LogP contribution < -0.4 is 4.74 Å². The maximum atomic E-state index is 12.9. The second kappa shape index (κ2) is 5.60. The summed E-state index contributed by atoms with van der Waals surface area (Å²) in [7, 11) is -3.37. The Hall–Kier alpha value is -2.33. The maximum Gasteiger partial charge on any atom is 0.169 e. The first-order valence-corrected chi connectivity index (χ1v) is 10.3. The highest BCUT2D eigenvalue weighted by Crippen LogP contribution is 2.62. The zero-order valence-electron chi connectivity index (χ0n) is 13.9. The number of H-pyrrole nitrogens is 1. The van der Waals surface area contributed by atoms with Crippen molar-refractivity contribution in [1.82, 2.24) is 10.2 Å². The highest BCUT2D eigenvalue weighted by Gasteiger charge is 2.63. The van der Waals surface area contributed by atoms with E-state index < -0.39 is 14.6 Å². The first-order chi connectivity index (χ1) is 12.0. The third kappa shape index (κ3) is 2.52. The van der Waals surface area contributed by atoms with Crippen molar-refractivity contribution in [3.05, 3.63) is 41.7 Å². The zero-order chi connectivity index (χ0) is 17.7. The van der Waals surface area contributed by atoms with E-state index in [1.54, 1.807) is 24.3 Å². The van der Waals surface area contributed by atoms with Gasteiger partial charge in [-0.2, -0.15) is 10.4 Å².